The van der Waals surface area contributed by atoms with E-state index in [-0.39, 0.29) is 12.7 Å². The molecule has 4 aromatic heterocycles. The largest absolute Gasteiger partial charge is 0.392 e. The zero-order chi connectivity index (χ0) is 25.9. The van der Waals surface area contributed by atoms with Gasteiger partial charge in [0.05, 0.1) is 35.5 Å². The molecule has 3 N–H and O–H groups in total. The number of aliphatic hydroxyl groups excluding tert-OH is 2. The van der Waals surface area contributed by atoms with Crippen LogP contribution in [0.25, 0.3) is 21.8 Å². The van der Waals surface area contributed by atoms with Crippen LogP contribution in [0.4, 0.5) is 17.3 Å². The van der Waals surface area contributed by atoms with Gasteiger partial charge in [0.15, 0.2) is 5.82 Å². The molecular formula is C27H31N7O3S. The van der Waals surface area contributed by atoms with E-state index in [1.807, 2.05) is 40.7 Å². The van der Waals surface area contributed by atoms with Crippen molar-refractivity contribution in [2.75, 3.05) is 36.5 Å². The first kappa shape index (κ1) is 24.9. The lowest BCUT2D eigenvalue weighted by Gasteiger charge is -2.33. The molecule has 0 aliphatic carbocycles. The molecule has 2 aliphatic heterocycles. The monoisotopic (exact) mass is 533 g/mol. The fraction of sp³-hybridized carbons (Fsp3) is 0.407. The van der Waals surface area contributed by atoms with Crippen LogP contribution >= 0.6 is 11.3 Å². The van der Waals surface area contributed by atoms with Gasteiger partial charge < -0.3 is 25.2 Å². The van der Waals surface area contributed by atoms with Crippen LogP contribution in [0.5, 0.6) is 0 Å². The van der Waals surface area contributed by atoms with E-state index in [9.17, 15) is 10.2 Å². The summed E-state index contributed by atoms with van der Waals surface area (Å²) in [7, 11) is 0. The number of anilines is 3. The molecule has 2 fully saturated rings. The number of β-amino-alcohol motifs (C(OH)–C–C–N with tert-alkyl or cyclic N) is 1. The topological polar surface area (TPSA) is 121 Å². The minimum atomic E-state index is -0.356. The fourth-order valence-corrected chi connectivity index (χ4v) is 5.90. The maximum Gasteiger partial charge on any atom is 0.171 e. The molecule has 0 radical (unpaired) electrons. The van der Waals surface area contributed by atoms with Crippen LogP contribution in [-0.2, 0) is 11.3 Å². The summed E-state index contributed by atoms with van der Waals surface area (Å²) in [6.45, 7) is 2.96. The van der Waals surface area contributed by atoms with E-state index in [1.165, 1.54) is 11.3 Å². The van der Waals surface area contributed by atoms with Crippen LogP contribution in [0.1, 0.15) is 37.3 Å². The number of ether oxygens (including phenoxy) is 1. The zero-order valence-corrected chi connectivity index (χ0v) is 21.8. The van der Waals surface area contributed by atoms with Crippen LogP contribution in [0.15, 0.2) is 48.4 Å². The van der Waals surface area contributed by atoms with E-state index in [0.717, 1.165) is 72.7 Å². The molecule has 0 spiro atoms. The molecule has 6 rings (SSSR count). The normalized spacial score (nSPS) is 18.6. The molecule has 6 heterocycles. The predicted octanol–water partition coefficient (Wildman–Crippen LogP) is 4.01. The molecule has 0 saturated carbocycles. The predicted molar refractivity (Wildman–Crippen MR) is 147 cm³/mol. The van der Waals surface area contributed by atoms with E-state index < -0.39 is 0 Å². The number of piperidine rings is 1. The SMILES string of the molecule is OCc1csc(-c2nccc(Nc3cc(N4CCC[C@H](O)C4)c(-c4cnn(C5CCOCC5)c4)cn3)n2)c1. The van der Waals surface area contributed by atoms with E-state index in [2.05, 4.69) is 31.5 Å². The average Bonchev–Trinajstić information content (AvgIpc) is 3.64. The number of rotatable bonds is 7. The molecule has 38 heavy (non-hydrogen) atoms. The summed E-state index contributed by atoms with van der Waals surface area (Å²) in [5.41, 5.74) is 3.85. The van der Waals surface area contributed by atoms with Gasteiger partial charge in [0, 0.05) is 62.1 Å². The third-order valence-corrected chi connectivity index (χ3v) is 8.04. The molecule has 10 nitrogen and oxygen atoms in total. The van der Waals surface area contributed by atoms with E-state index in [1.54, 1.807) is 6.20 Å². The summed E-state index contributed by atoms with van der Waals surface area (Å²) < 4.78 is 7.56. The molecule has 2 aliphatic rings. The van der Waals surface area contributed by atoms with Gasteiger partial charge in [-0.3, -0.25) is 4.68 Å². The first-order valence-corrected chi connectivity index (χ1v) is 13.9. The third-order valence-electron chi connectivity index (χ3n) is 7.07. The fourth-order valence-electron chi connectivity index (χ4n) is 5.05. The number of aliphatic hydroxyl groups is 2. The average molecular weight is 534 g/mol. The lowest BCUT2D eigenvalue weighted by atomic mass is 10.0. The Hall–Kier alpha value is -3.38. The summed E-state index contributed by atoms with van der Waals surface area (Å²) in [5.74, 6) is 1.88. The van der Waals surface area contributed by atoms with Crippen molar-refractivity contribution in [1.29, 1.82) is 0 Å². The number of pyridine rings is 1. The Kier molecular flexibility index (Phi) is 7.32. The molecule has 0 bridgehead atoms. The first-order chi connectivity index (χ1) is 18.7. The third kappa shape index (κ3) is 5.41. The van der Waals surface area contributed by atoms with Gasteiger partial charge in [-0.2, -0.15) is 5.10 Å². The highest BCUT2D eigenvalue weighted by atomic mass is 32.1. The van der Waals surface area contributed by atoms with Crippen molar-refractivity contribution in [2.24, 2.45) is 0 Å². The van der Waals surface area contributed by atoms with Crippen molar-refractivity contribution in [3.8, 4) is 21.8 Å². The van der Waals surface area contributed by atoms with Gasteiger partial charge in [-0.25, -0.2) is 15.0 Å². The van der Waals surface area contributed by atoms with Gasteiger partial charge >= 0.3 is 0 Å². The summed E-state index contributed by atoms with van der Waals surface area (Å²) in [6, 6.07) is 6.07. The maximum atomic E-state index is 10.4. The van der Waals surface area contributed by atoms with Gasteiger partial charge in [-0.15, -0.1) is 11.3 Å². The highest BCUT2D eigenvalue weighted by Crippen LogP contribution is 2.35. The minimum absolute atomic E-state index is 0.00728. The van der Waals surface area contributed by atoms with Gasteiger partial charge in [0.1, 0.15) is 11.6 Å². The summed E-state index contributed by atoms with van der Waals surface area (Å²) in [6.07, 6.45) is 10.9. The van der Waals surface area contributed by atoms with Gasteiger partial charge in [0.2, 0.25) is 0 Å². The highest BCUT2D eigenvalue weighted by Gasteiger charge is 2.23. The Morgan fingerprint density at radius 2 is 2.00 bits per heavy atom. The van der Waals surface area contributed by atoms with Crippen molar-refractivity contribution in [1.82, 2.24) is 24.7 Å². The lowest BCUT2D eigenvalue weighted by molar-refractivity contribution is 0.0662. The van der Waals surface area contributed by atoms with E-state index in [4.69, 9.17) is 9.72 Å². The molecule has 1 atom stereocenters. The Bertz CT molecular complexity index is 1380. The minimum Gasteiger partial charge on any atom is -0.392 e. The lowest BCUT2D eigenvalue weighted by Crippen LogP contribution is -2.38. The van der Waals surface area contributed by atoms with Crippen LogP contribution < -0.4 is 10.2 Å². The summed E-state index contributed by atoms with van der Waals surface area (Å²) in [4.78, 5) is 16.9. The number of hydrogen-bond acceptors (Lipinski definition) is 10. The second kappa shape index (κ2) is 11.2. The molecule has 4 aromatic rings. The van der Waals surface area contributed by atoms with Gasteiger partial charge in [-0.05, 0) is 48.8 Å². The van der Waals surface area contributed by atoms with Crippen LogP contribution in [0.2, 0.25) is 0 Å². The number of nitrogens with one attached hydrogen (secondary N) is 1. The Balaban J connectivity index is 1.30. The van der Waals surface area contributed by atoms with Crippen molar-refractivity contribution in [3.63, 3.8) is 0 Å². The maximum absolute atomic E-state index is 10.4. The Morgan fingerprint density at radius 3 is 2.82 bits per heavy atom. The zero-order valence-electron chi connectivity index (χ0n) is 21.0. The molecule has 0 amide bonds. The van der Waals surface area contributed by atoms with Crippen LogP contribution in [0.3, 0.4) is 0 Å². The summed E-state index contributed by atoms with van der Waals surface area (Å²) >= 11 is 1.50. The Morgan fingerprint density at radius 1 is 1.11 bits per heavy atom. The van der Waals surface area contributed by atoms with E-state index in [0.29, 0.717) is 30.0 Å². The van der Waals surface area contributed by atoms with Crippen LogP contribution in [-0.4, -0.2) is 67.4 Å². The smallest absolute Gasteiger partial charge is 0.171 e. The summed E-state index contributed by atoms with van der Waals surface area (Å²) in [5, 5.41) is 29.7. The second-order valence-electron chi connectivity index (χ2n) is 9.75. The van der Waals surface area contributed by atoms with E-state index >= 15 is 0 Å². The van der Waals surface area contributed by atoms with Crippen molar-refractivity contribution in [3.05, 3.63) is 53.9 Å². The molecule has 2 saturated heterocycles. The van der Waals surface area contributed by atoms with Gasteiger partial charge in [-0.1, -0.05) is 0 Å². The molecule has 0 aromatic carbocycles. The van der Waals surface area contributed by atoms with Crippen molar-refractivity contribution >= 4 is 28.7 Å². The van der Waals surface area contributed by atoms with Gasteiger partial charge in [0.25, 0.3) is 0 Å². The number of hydrogen-bond donors (Lipinski definition) is 3. The second-order valence-corrected chi connectivity index (χ2v) is 10.7. The molecule has 0 unspecified atom stereocenters. The quantitative estimate of drug-likeness (QED) is 0.323. The first-order valence-electron chi connectivity index (χ1n) is 13.0. The molecule has 198 valence electrons. The van der Waals surface area contributed by atoms with Crippen molar-refractivity contribution in [2.45, 2.75) is 44.4 Å². The number of aromatic nitrogens is 5. The standard InChI is InChI=1S/C27H31N7O3S/c35-16-18-10-24(38-17-18)27-28-6-3-25(32-27)31-26-11-23(33-7-1-2-21(36)15-33)22(13-29-26)19-12-30-34(14-19)20-4-8-37-9-5-20/h3,6,10-14,17,20-21,35-36H,1-2,4-5,7-9,15-16H2,(H,28,29,31,32)/t21-/m0/s1. The molecular weight excluding hydrogens is 502 g/mol. The Labute approximate surface area is 225 Å². The number of thiophene rings is 1. The van der Waals surface area contributed by atoms with Crippen LogP contribution in [0, 0.1) is 0 Å². The highest BCUT2D eigenvalue weighted by molar-refractivity contribution is 7.13. The van der Waals surface area contributed by atoms with Crippen molar-refractivity contribution < 1.29 is 14.9 Å². The number of nitrogens with zero attached hydrogens (tertiary/aromatic N) is 6. The molecule has 11 heteroatoms.